The zero-order valence-corrected chi connectivity index (χ0v) is 12.5. The number of nitrogens with one attached hydrogen (secondary N) is 1. The van der Waals surface area contributed by atoms with Crippen LogP contribution in [0.1, 0.15) is 24.2 Å². The summed E-state index contributed by atoms with van der Waals surface area (Å²) in [6.45, 7) is 5.02. The zero-order valence-electron chi connectivity index (χ0n) is 12.5. The maximum Gasteiger partial charge on any atom is 0.253 e. The van der Waals surface area contributed by atoms with Gasteiger partial charge in [-0.05, 0) is 38.1 Å². The van der Waals surface area contributed by atoms with Crippen LogP contribution in [0.15, 0.2) is 24.3 Å². The number of hydrogen-bond donors (Lipinski definition) is 1. The van der Waals surface area contributed by atoms with Crippen molar-refractivity contribution in [3.63, 3.8) is 0 Å². The molecule has 1 aliphatic heterocycles. The predicted octanol–water partition coefficient (Wildman–Crippen LogP) is 1.95. The molecule has 1 heterocycles. The van der Waals surface area contributed by atoms with E-state index in [1.807, 2.05) is 38.1 Å². The number of hydrogen-bond acceptors (Lipinski definition) is 4. The van der Waals surface area contributed by atoms with Crippen LogP contribution >= 0.6 is 0 Å². The molecule has 0 radical (unpaired) electrons. The van der Waals surface area contributed by atoms with Crippen molar-refractivity contribution in [2.75, 3.05) is 32.6 Å². The summed E-state index contributed by atoms with van der Waals surface area (Å²) in [5, 5.41) is 3.34. The van der Waals surface area contributed by atoms with Gasteiger partial charge in [0, 0.05) is 25.3 Å². The van der Waals surface area contributed by atoms with Crippen LogP contribution in [-0.4, -0.2) is 49.9 Å². The van der Waals surface area contributed by atoms with Crippen LogP contribution in [0, 0.1) is 0 Å². The largest absolute Gasteiger partial charge is 0.378 e. The standard InChI is InChI=1S/C15H22N2O3/c1-15(2)19-9-13(10-20-15)16-12-7-5-11(6-8-12)14(18)17(3)4/h5-8,13,16H,9-10H2,1-4H3. The van der Waals surface area contributed by atoms with Crippen molar-refractivity contribution in [2.45, 2.75) is 25.7 Å². The van der Waals surface area contributed by atoms with Gasteiger partial charge < -0.3 is 19.7 Å². The summed E-state index contributed by atoms with van der Waals surface area (Å²) in [7, 11) is 3.49. The van der Waals surface area contributed by atoms with Crippen LogP contribution in [0.2, 0.25) is 0 Å². The number of nitrogens with zero attached hydrogens (tertiary/aromatic N) is 1. The highest BCUT2D eigenvalue weighted by atomic mass is 16.7. The second-order valence-corrected chi connectivity index (χ2v) is 5.64. The van der Waals surface area contributed by atoms with E-state index in [0.29, 0.717) is 18.8 Å². The number of amides is 1. The third kappa shape index (κ3) is 3.71. The molecule has 0 spiro atoms. The van der Waals surface area contributed by atoms with Gasteiger partial charge in [-0.2, -0.15) is 0 Å². The third-order valence-corrected chi connectivity index (χ3v) is 3.17. The molecule has 0 aromatic heterocycles. The van der Waals surface area contributed by atoms with Crippen LogP contribution in [0.4, 0.5) is 5.69 Å². The van der Waals surface area contributed by atoms with E-state index >= 15 is 0 Å². The van der Waals surface area contributed by atoms with Gasteiger partial charge in [0.25, 0.3) is 5.91 Å². The number of carbonyl (C=O) groups excluding carboxylic acids is 1. The minimum Gasteiger partial charge on any atom is -0.378 e. The van der Waals surface area contributed by atoms with E-state index in [4.69, 9.17) is 9.47 Å². The summed E-state index contributed by atoms with van der Waals surface area (Å²) in [4.78, 5) is 13.3. The van der Waals surface area contributed by atoms with Gasteiger partial charge in [-0.25, -0.2) is 0 Å². The molecule has 0 unspecified atom stereocenters. The number of carbonyl (C=O) groups is 1. The molecule has 0 saturated carbocycles. The fourth-order valence-corrected chi connectivity index (χ4v) is 1.98. The maximum absolute atomic E-state index is 11.8. The first-order valence-corrected chi connectivity index (χ1v) is 6.73. The van der Waals surface area contributed by atoms with E-state index in [0.717, 1.165) is 5.69 Å². The lowest BCUT2D eigenvalue weighted by molar-refractivity contribution is -0.247. The van der Waals surface area contributed by atoms with Gasteiger partial charge in [0.15, 0.2) is 5.79 Å². The second kappa shape index (κ2) is 5.81. The quantitative estimate of drug-likeness (QED) is 0.918. The molecule has 0 aliphatic carbocycles. The lowest BCUT2D eigenvalue weighted by Gasteiger charge is -2.35. The molecule has 1 aliphatic rings. The van der Waals surface area contributed by atoms with Gasteiger partial charge in [0.2, 0.25) is 0 Å². The van der Waals surface area contributed by atoms with Crippen molar-refractivity contribution < 1.29 is 14.3 Å². The van der Waals surface area contributed by atoms with Crippen LogP contribution in [-0.2, 0) is 9.47 Å². The van der Waals surface area contributed by atoms with Crippen LogP contribution in [0.3, 0.4) is 0 Å². The molecule has 1 amide bonds. The molecule has 5 heteroatoms. The first kappa shape index (κ1) is 14.8. The Morgan fingerprint density at radius 3 is 2.25 bits per heavy atom. The van der Waals surface area contributed by atoms with Crippen molar-refractivity contribution >= 4 is 11.6 Å². The average Bonchev–Trinajstić information content (AvgIpc) is 2.41. The molecular weight excluding hydrogens is 256 g/mol. The second-order valence-electron chi connectivity index (χ2n) is 5.64. The van der Waals surface area contributed by atoms with Gasteiger partial charge in [0.1, 0.15) is 0 Å². The molecule has 0 bridgehead atoms. The monoisotopic (exact) mass is 278 g/mol. The van der Waals surface area contributed by atoms with E-state index in [9.17, 15) is 4.79 Å². The predicted molar refractivity (Wildman–Crippen MR) is 77.9 cm³/mol. The normalized spacial score (nSPS) is 18.6. The van der Waals surface area contributed by atoms with Crippen molar-refractivity contribution in [1.82, 2.24) is 4.90 Å². The Labute approximate surface area is 119 Å². The Hall–Kier alpha value is -1.59. The first-order chi connectivity index (χ1) is 9.37. The molecule has 1 fully saturated rings. The summed E-state index contributed by atoms with van der Waals surface area (Å²) in [6.07, 6.45) is 0. The molecular formula is C15H22N2O3. The van der Waals surface area contributed by atoms with Gasteiger partial charge in [-0.3, -0.25) is 4.79 Å². The van der Waals surface area contributed by atoms with E-state index in [2.05, 4.69) is 5.32 Å². The van der Waals surface area contributed by atoms with Crippen LogP contribution < -0.4 is 5.32 Å². The molecule has 1 aromatic carbocycles. The smallest absolute Gasteiger partial charge is 0.253 e. The Kier molecular flexibility index (Phi) is 4.30. The summed E-state index contributed by atoms with van der Waals surface area (Å²) >= 11 is 0. The molecule has 0 atom stereocenters. The summed E-state index contributed by atoms with van der Waals surface area (Å²) in [5.74, 6) is -0.497. The highest BCUT2D eigenvalue weighted by Gasteiger charge is 2.28. The minimum absolute atomic E-state index is 0.00244. The molecule has 5 nitrogen and oxygen atoms in total. The summed E-state index contributed by atoms with van der Waals surface area (Å²) in [6, 6.07) is 7.56. The highest BCUT2D eigenvalue weighted by Crippen LogP contribution is 2.20. The molecule has 20 heavy (non-hydrogen) atoms. The Balaban J connectivity index is 1.93. The van der Waals surface area contributed by atoms with Crippen molar-refractivity contribution in [3.8, 4) is 0 Å². The van der Waals surface area contributed by atoms with E-state index in [-0.39, 0.29) is 11.9 Å². The number of ether oxygens (including phenoxy) is 2. The topological polar surface area (TPSA) is 50.8 Å². The van der Waals surface area contributed by atoms with E-state index in [1.165, 1.54) is 0 Å². The zero-order chi connectivity index (χ0) is 14.8. The minimum atomic E-state index is -0.500. The van der Waals surface area contributed by atoms with Gasteiger partial charge >= 0.3 is 0 Å². The Morgan fingerprint density at radius 2 is 1.75 bits per heavy atom. The number of benzene rings is 1. The van der Waals surface area contributed by atoms with Gasteiger partial charge in [-0.15, -0.1) is 0 Å². The summed E-state index contributed by atoms with van der Waals surface area (Å²) in [5.41, 5.74) is 1.63. The number of anilines is 1. The first-order valence-electron chi connectivity index (χ1n) is 6.73. The maximum atomic E-state index is 11.8. The lowest BCUT2D eigenvalue weighted by Crippen LogP contribution is -2.45. The fourth-order valence-electron chi connectivity index (χ4n) is 1.98. The highest BCUT2D eigenvalue weighted by molar-refractivity contribution is 5.94. The SMILES string of the molecule is CN(C)C(=O)c1ccc(NC2COC(C)(C)OC2)cc1. The molecule has 2 rings (SSSR count). The van der Waals surface area contributed by atoms with Crippen molar-refractivity contribution in [3.05, 3.63) is 29.8 Å². The van der Waals surface area contributed by atoms with Crippen molar-refractivity contribution in [2.24, 2.45) is 0 Å². The average molecular weight is 278 g/mol. The lowest BCUT2D eigenvalue weighted by atomic mass is 10.1. The molecule has 1 aromatic rings. The van der Waals surface area contributed by atoms with Crippen molar-refractivity contribution in [1.29, 1.82) is 0 Å². The van der Waals surface area contributed by atoms with Gasteiger partial charge in [0.05, 0.1) is 19.3 Å². The fraction of sp³-hybridized carbons (Fsp3) is 0.533. The molecule has 110 valence electrons. The van der Waals surface area contributed by atoms with E-state index in [1.54, 1.807) is 19.0 Å². The van der Waals surface area contributed by atoms with E-state index < -0.39 is 5.79 Å². The van der Waals surface area contributed by atoms with Crippen LogP contribution in [0.25, 0.3) is 0 Å². The van der Waals surface area contributed by atoms with Gasteiger partial charge in [-0.1, -0.05) is 0 Å². The summed E-state index contributed by atoms with van der Waals surface area (Å²) < 4.78 is 11.2. The number of rotatable bonds is 3. The Bertz CT molecular complexity index is 459. The molecule has 1 saturated heterocycles. The Morgan fingerprint density at radius 1 is 1.20 bits per heavy atom. The van der Waals surface area contributed by atoms with Crippen LogP contribution in [0.5, 0.6) is 0 Å². The molecule has 1 N–H and O–H groups in total. The third-order valence-electron chi connectivity index (χ3n) is 3.17.